The molecule has 0 atom stereocenters. The minimum atomic E-state index is -0.702. The molecule has 0 spiro atoms. The molecular weight excluding hydrogens is 404 g/mol. The first-order valence-electron chi connectivity index (χ1n) is 9.97. The fourth-order valence-corrected chi connectivity index (χ4v) is 3.27. The zero-order chi connectivity index (χ0) is 22.7. The smallest absolute Gasteiger partial charge is 0.271 e. The molecule has 0 saturated carbocycles. The van der Waals surface area contributed by atoms with Gasteiger partial charge in [0.25, 0.3) is 11.8 Å². The Hall–Kier alpha value is -4.39. The number of nitrogens with zero attached hydrogens (tertiary/aromatic N) is 2. The maximum absolute atomic E-state index is 12.3. The van der Waals surface area contributed by atoms with Gasteiger partial charge >= 0.3 is 0 Å². The zero-order valence-corrected chi connectivity index (χ0v) is 17.7. The van der Waals surface area contributed by atoms with Gasteiger partial charge in [0.2, 0.25) is 5.55 Å². The van der Waals surface area contributed by atoms with Crippen LogP contribution in [0.2, 0.25) is 0 Å². The van der Waals surface area contributed by atoms with E-state index in [4.69, 9.17) is 10.2 Å². The number of nitrogens with one attached hydrogen (secondary N) is 1. The van der Waals surface area contributed by atoms with Crippen LogP contribution in [-0.4, -0.2) is 25.9 Å². The lowest BCUT2D eigenvalue weighted by Crippen LogP contribution is -2.27. The summed E-state index contributed by atoms with van der Waals surface area (Å²) in [6, 6.07) is 24.0. The van der Waals surface area contributed by atoms with Gasteiger partial charge in [0.15, 0.2) is 0 Å². The van der Waals surface area contributed by atoms with Crippen molar-refractivity contribution in [3.05, 3.63) is 95.5 Å². The van der Waals surface area contributed by atoms with Crippen LogP contribution in [0.5, 0.6) is 0 Å². The highest BCUT2D eigenvalue weighted by Crippen LogP contribution is 2.26. The fourth-order valence-electron chi connectivity index (χ4n) is 3.27. The van der Waals surface area contributed by atoms with E-state index in [0.29, 0.717) is 16.5 Å². The molecule has 4 aromatic rings. The Kier molecular flexibility index (Phi) is 5.72. The molecule has 0 aliphatic carbocycles. The second-order valence-electron chi connectivity index (χ2n) is 7.44. The minimum Gasteiger partial charge on any atom is -0.436 e. The van der Waals surface area contributed by atoms with Crippen molar-refractivity contribution in [3.8, 4) is 11.1 Å². The maximum Gasteiger partial charge on any atom is 0.271 e. The Balaban J connectivity index is 1.74. The molecule has 2 amide bonds. The first-order chi connectivity index (χ1) is 15.4. The van der Waals surface area contributed by atoms with Crippen molar-refractivity contribution >= 4 is 28.5 Å². The number of carbonyl (C=O) groups excluding carboxylic acids is 2. The van der Waals surface area contributed by atoms with Crippen molar-refractivity contribution in [2.45, 2.75) is 0 Å². The highest BCUT2D eigenvalue weighted by Gasteiger charge is 2.11. The van der Waals surface area contributed by atoms with Crippen LogP contribution in [0, 0.1) is 0 Å². The van der Waals surface area contributed by atoms with E-state index in [1.54, 1.807) is 30.3 Å². The number of benzene rings is 3. The molecule has 1 heterocycles. The molecule has 0 fully saturated rings. The van der Waals surface area contributed by atoms with Crippen LogP contribution in [0.25, 0.3) is 22.1 Å². The van der Waals surface area contributed by atoms with Gasteiger partial charge in [0.05, 0.1) is 0 Å². The zero-order valence-electron chi connectivity index (χ0n) is 17.7. The van der Waals surface area contributed by atoms with E-state index in [1.807, 2.05) is 67.5 Å². The molecule has 3 N–H and O–H groups in total. The molecule has 4 rings (SSSR count). The number of fused-ring (bicyclic) bond motifs is 1. The number of primary amides is 1. The largest absolute Gasteiger partial charge is 0.436 e. The van der Waals surface area contributed by atoms with E-state index < -0.39 is 11.8 Å². The average molecular weight is 426 g/mol. The highest BCUT2D eigenvalue weighted by atomic mass is 16.3. The number of hydrogen-bond acceptors (Lipinski definition) is 5. The molecule has 0 bridgehead atoms. The van der Waals surface area contributed by atoms with Gasteiger partial charge in [-0.3, -0.25) is 9.59 Å². The summed E-state index contributed by atoms with van der Waals surface area (Å²) in [5.41, 5.74) is 11.9. The van der Waals surface area contributed by atoms with Crippen molar-refractivity contribution in [3.63, 3.8) is 0 Å². The quantitative estimate of drug-likeness (QED) is 0.477. The summed E-state index contributed by atoms with van der Waals surface area (Å²) >= 11 is 0. The van der Waals surface area contributed by atoms with E-state index in [2.05, 4.69) is 10.5 Å². The third kappa shape index (κ3) is 4.37. The minimum absolute atomic E-state index is 0.0608. The van der Waals surface area contributed by atoms with Crippen LogP contribution in [0.3, 0.4) is 0 Å². The predicted molar refractivity (Wildman–Crippen MR) is 124 cm³/mol. The molecule has 7 nitrogen and oxygen atoms in total. The maximum atomic E-state index is 12.3. The Bertz CT molecular complexity index is 1360. The second-order valence-corrected chi connectivity index (χ2v) is 7.44. The predicted octanol–water partition coefficient (Wildman–Crippen LogP) is 3.51. The standard InChI is InChI=1S/C25H22N4O3/c1-29(2)20-12-10-16(11-13-20)18-8-9-19-14-21(23(26)30)25(32-22(19)15-18)28-27-24(31)17-6-4-3-5-7-17/h3-15H,1-2H3,(H2,26,30)(H,27,31)/b28-25-. The topological polar surface area (TPSA) is 101 Å². The van der Waals surface area contributed by atoms with Crippen LogP contribution < -0.4 is 21.6 Å². The van der Waals surface area contributed by atoms with Gasteiger partial charge in [-0.05, 0) is 47.5 Å². The van der Waals surface area contributed by atoms with Crippen LogP contribution in [0.4, 0.5) is 5.69 Å². The summed E-state index contributed by atoms with van der Waals surface area (Å²) < 4.78 is 5.87. The fraction of sp³-hybridized carbons (Fsp3) is 0.0800. The first kappa shape index (κ1) is 20.9. The molecule has 0 aliphatic rings. The van der Waals surface area contributed by atoms with E-state index >= 15 is 0 Å². The number of nitrogens with two attached hydrogens (primary N) is 1. The van der Waals surface area contributed by atoms with Gasteiger partial charge in [-0.25, -0.2) is 5.43 Å². The summed E-state index contributed by atoms with van der Waals surface area (Å²) in [6.45, 7) is 0. The Morgan fingerprint density at radius 2 is 1.59 bits per heavy atom. The monoisotopic (exact) mass is 426 g/mol. The van der Waals surface area contributed by atoms with Crippen LogP contribution in [-0.2, 0) is 0 Å². The Morgan fingerprint density at radius 3 is 2.25 bits per heavy atom. The number of amides is 2. The third-order valence-electron chi connectivity index (χ3n) is 5.03. The first-order valence-corrected chi connectivity index (χ1v) is 9.97. The molecule has 32 heavy (non-hydrogen) atoms. The van der Waals surface area contributed by atoms with Gasteiger partial charge in [0.1, 0.15) is 11.1 Å². The van der Waals surface area contributed by atoms with Crippen LogP contribution in [0.1, 0.15) is 20.7 Å². The Labute approximate surface area is 184 Å². The molecule has 7 heteroatoms. The summed E-state index contributed by atoms with van der Waals surface area (Å²) in [7, 11) is 3.98. The summed E-state index contributed by atoms with van der Waals surface area (Å²) in [5, 5.41) is 4.71. The second kappa shape index (κ2) is 8.77. The lowest BCUT2D eigenvalue weighted by Gasteiger charge is -2.13. The van der Waals surface area contributed by atoms with Crippen molar-refractivity contribution in [1.82, 2.24) is 5.43 Å². The van der Waals surface area contributed by atoms with E-state index in [1.165, 1.54) is 0 Å². The van der Waals surface area contributed by atoms with Crippen LogP contribution >= 0.6 is 0 Å². The molecule has 0 radical (unpaired) electrons. The number of rotatable bonds is 5. The van der Waals surface area contributed by atoms with Gasteiger partial charge in [-0.1, -0.05) is 42.5 Å². The lowest BCUT2D eigenvalue weighted by atomic mass is 10.0. The molecule has 0 saturated heterocycles. The van der Waals surface area contributed by atoms with Crippen molar-refractivity contribution < 1.29 is 14.0 Å². The normalized spacial score (nSPS) is 11.4. The molecule has 0 aliphatic heterocycles. The van der Waals surface area contributed by atoms with Gasteiger partial charge in [-0.2, -0.15) is 0 Å². The van der Waals surface area contributed by atoms with E-state index in [0.717, 1.165) is 16.8 Å². The summed E-state index contributed by atoms with van der Waals surface area (Å²) in [5.74, 6) is -1.13. The molecule has 1 aromatic heterocycles. The average Bonchev–Trinajstić information content (AvgIpc) is 2.82. The number of hydrogen-bond donors (Lipinski definition) is 2. The van der Waals surface area contributed by atoms with Crippen molar-refractivity contribution in [2.24, 2.45) is 10.8 Å². The summed E-state index contributed by atoms with van der Waals surface area (Å²) in [4.78, 5) is 26.3. The SMILES string of the molecule is CN(C)c1ccc(-c2ccc3cc(C(N)=O)/c(=N/NC(=O)c4ccccc4)oc3c2)cc1. The van der Waals surface area contributed by atoms with Crippen molar-refractivity contribution in [2.75, 3.05) is 19.0 Å². The van der Waals surface area contributed by atoms with Gasteiger partial charge < -0.3 is 15.1 Å². The molecule has 160 valence electrons. The van der Waals surface area contributed by atoms with Crippen molar-refractivity contribution in [1.29, 1.82) is 0 Å². The number of carbonyl (C=O) groups is 2. The number of anilines is 1. The Morgan fingerprint density at radius 1 is 0.906 bits per heavy atom. The molecular formula is C25H22N4O3. The van der Waals surface area contributed by atoms with Crippen LogP contribution in [0.15, 0.2) is 88.4 Å². The van der Waals surface area contributed by atoms with E-state index in [9.17, 15) is 9.59 Å². The summed E-state index contributed by atoms with van der Waals surface area (Å²) in [6.07, 6.45) is 0. The van der Waals surface area contributed by atoms with E-state index in [-0.39, 0.29) is 11.1 Å². The molecule has 3 aromatic carbocycles. The highest BCUT2D eigenvalue weighted by molar-refractivity contribution is 5.96. The molecule has 0 unspecified atom stereocenters. The third-order valence-corrected chi connectivity index (χ3v) is 5.03. The lowest BCUT2D eigenvalue weighted by molar-refractivity contribution is 0.0946. The van der Waals surface area contributed by atoms with Gasteiger partial charge in [0, 0.05) is 30.7 Å². The van der Waals surface area contributed by atoms with Gasteiger partial charge in [-0.15, -0.1) is 5.10 Å².